The Labute approximate surface area is 105 Å². The number of rotatable bonds is 3. The van der Waals surface area contributed by atoms with Crippen molar-refractivity contribution in [2.45, 2.75) is 13.5 Å². The molecule has 2 N–H and O–H groups in total. The molecular formula is C13H13ClN2O. The van der Waals surface area contributed by atoms with E-state index in [-0.39, 0.29) is 0 Å². The molecule has 0 fully saturated rings. The third-order valence-corrected chi connectivity index (χ3v) is 2.59. The Balaban J connectivity index is 2.27. The predicted octanol–water partition coefficient (Wildman–Crippen LogP) is 3.29. The molecule has 0 spiro atoms. The minimum Gasteiger partial charge on any atom is -0.439 e. The van der Waals surface area contributed by atoms with E-state index in [2.05, 4.69) is 4.98 Å². The summed E-state index contributed by atoms with van der Waals surface area (Å²) < 4.78 is 5.68. The molecular weight excluding hydrogens is 236 g/mol. The molecule has 0 bridgehead atoms. The highest BCUT2D eigenvalue weighted by atomic mass is 35.5. The van der Waals surface area contributed by atoms with Crippen molar-refractivity contribution in [3.05, 3.63) is 52.7 Å². The summed E-state index contributed by atoms with van der Waals surface area (Å²) in [6, 6.07) is 11.0. The first-order valence-electron chi connectivity index (χ1n) is 5.29. The van der Waals surface area contributed by atoms with Crippen LogP contribution in [0.4, 0.5) is 0 Å². The molecule has 0 saturated carbocycles. The SMILES string of the molecule is Cc1ccc(Cl)cc1Oc1cccc(CN)n1. The lowest BCUT2D eigenvalue weighted by atomic mass is 10.2. The molecule has 17 heavy (non-hydrogen) atoms. The van der Waals surface area contributed by atoms with Crippen molar-refractivity contribution in [3.63, 3.8) is 0 Å². The van der Waals surface area contributed by atoms with E-state index < -0.39 is 0 Å². The number of nitrogens with two attached hydrogens (primary N) is 1. The normalized spacial score (nSPS) is 10.3. The van der Waals surface area contributed by atoms with E-state index in [1.807, 2.05) is 31.2 Å². The number of benzene rings is 1. The van der Waals surface area contributed by atoms with Gasteiger partial charge in [-0.25, -0.2) is 4.98 Å². The van der Waals surface area contributed by atoms with Gasteiger partial charge < -0.3 is 10.5 Å². The summed E-state index contributed by atoms with van der Waals surface area (Å²) in [5.41, 5.74) is 7.33. The molecule has 3 nitrogen and oxygen atoms in total. The Morgan fingerprint density at radius 2 is 2.12 bits per heavy atom. The number of halogens is 1. The number of aryl methyl sites for hydroxylation is 1. The Hall–Kier alpha value is -1.58. The van der Waals surface area contributed by atoms with Gasteiger partial charge in [0, 0.05) is 17.6 Å². The topological polar surface area (TPSA) is 48.1 Å². The molecule has 0 aliphatic heterocycles. The summed E-state index contributed by atoms with van der Waals surface area (Å²) in [6.07, 6.45) is 0. The maximum Gasteiger partial charge on any atom is 0.219 e. The molecule has 88 valence electrons. The van der Waals surface area contributed by atoms with Crippen LogP contribution in [0.1, 0.15) is 11.3 Å². The highest BCUT2D eigenvalue weighted by molar-refractivity contribution is 6.30. The molecule has 1 aromatic carbocycles. The second-order valence-corrected chi connectivity index (χ2v) is 4.12. The zero-order chi connectivity index (χ0) is 12.3. The fraction of sp³-hybridized carbons (Fsp3) is 0.154. The van der Waals surface area contributed by atoms with Gasteiger partial charge in [0.25, 0.3) is 0 Å². The van der Waals surface area contributed by atoms with Crippen molar-refractivity contribution in [2.24, 2.45) is 5.73 Å². The van der Waals surface area contributed by atoms with Crippen LogP contribution in [-0.2, 0) is 6.54 Å². The van der Waals surface area contributed by atoms with E-state index >= 15 is 0 Å². The van der Waals surface area contributed by atoms with E-state index in [9.17, 15) is 0 Å². The molecule has 4 heteroatoms. The van der Waals surface area contributed by atoms with Gasteiger partial charge in [0.2, 0.25) is 5.88 Å². The monoisotopic (exact) mass is 248 g/mol. The van der Waals surface area contributed by atoms with Gasteiger partial charge in [-0.05, 0) is 30.7 Å². The number of nitrogens with zero attached hydrogens (tertiary/aromatic N) is 1. The maximum absolute atomic E-state index is 5.92. The number of hydrogen-bond acceptors (Lipinski definition) is 3. The van der Waals surface area contributed by atoms with Crippen molar-refractivity contribution in [3.8, 4) is 11.6 Å². The summed E-state index contributed by atoms with van der Waals surface area (Å²) in [7, 11) is 0. The number of hydrogen-bond donors (Lipinski definition) is 1. The standard InChI is InChI=1S/C13H13ClN2O/c1-9-5-6-10(14)7-12(9)17-13-4-2-3-11(8-15)16-13/h2-7H,8,15H2,1H3. The molecule has 2 aromatic rings. The van der Waals surface area contributed by atoms with Crippen molar-refractivity contribution in [1.29, 1.82) is 0 Å². The average molecular weight is 249 g/mol. The largest absolute Gasteiger partial charge is 0.439 e. The minimum atomic E-state index is 0.395. The predicted molar refractivity (Wildman–Crippen MR) is 68.4 cm³/mol. The quantitative estimate of drug-likeness (QED) is 0.907. The highest BCUT2D eigenvalue weighted by Gasteiger charge is 2.04. The van der Waals surface area contributed by atoms with E-state index in [1.165, 1.54) is 0 Å². The highest BCUT2D eigenvalue weighted by Crippen LogP contribution is 2.26. The fourth-order valence-corrected chi connectivity index (χ4v) is 1.59. The summed E-state index contributed by atoms with van der Waals surface area (Å²) in [5.74, 6) is 1.23. The van der Waals surface area contributed by atoms with Crippen LogP contribution < -0.4 is 10.5 Å². The van der Waals surface area contributed by atoms with Crippen LogP contribution in [0.25, 0.3) is 0 Å². The van der Waals surface area contributed by atoms with Gasteiger partial charge in [-0.15, -0.1) is 0 Å². The van der Waals surface area contributed by atoms with Crippen LogP contribution in [0.2, 0.25) is 5.02 Å². The van der Waals surface area contributed by atoms with Crippen molar-refractivity contribution >= 4 is 11.6 Å². The maximum atomic E-state index is 5.92. The number of aromatic nitrogens is 1. The van der Waals surface area contributed by atoms with Crippen molar-refractivity contribution in [2.75, 3.05) is 0 Å². The molecule has 0 atom stereocenters. The number of ether oxygens (including phenoxy) is 1. The van der Waals surface area contributed by atoms with Gasteiger partial charge in [-0.3, -0.25) is 0 Å². The minimum absolute atomic E-state index is 0.395. The fourth-order valence-electron chi connectivity index (χ4n) is 1.42. The third kappa shape index (κ3) is 2.96. The van der Waals surface area contributed by atoms with E-state index in [0.717, 1.165) is 11.3 Å². The lowest BCUT2D eigenvalue weighted by Gasteiger charge is -2.08. The lowest BCUT2D eigenvalue weighted by Crippen LogP contribution is -2.00. The van der Waals surface area contributed by atoms with Crippen LogP contribution in [-0.4, -0.2) is 4.98 Å². The first-order valence-corrected chi connectivity index (χ1v) is 5.67. The van der Waals surface area contributed by atoms with E-state index in [0.29, 0.717) is 23.2 Å². The Kier molecular flexibility index (Phi) is 3.61. The molecule has 0 unspecified atom stereocenters. The summed E-state index contributed by atoms with van der Waals surface area (Å²) in [5, 5.41) is 0.639. The summed E-state index contributed by atoms with van der Waals surface area (Å²) >= 11 is 5.92. The third-order valence-electron chi connectivity index (χ3n) is 2.36. The summed E-state index contributed by atoms with van der Waals surface area (Å²) in [6.45, 7) is 2.35. The molecule has 0 aliphatic rings. The van der Waals surface area contributed by atoms with Crippen LogP contribution in [0.3, 0.4) is 0 Å². The van der Waals surface area contributed by atoms with Crippen LogP contribution in [0, 0.1) is 6.92 Å². The Bertz CT molecular complexity index is 529. The zero-order valence-corrected chi connectivity index (χ0v) is 10.2. The lowest BCUT2D eigenvalue weighted by molar-refractivity contribution is 0.457. The van der Waals surface area contributed by atoms with Gasteiger partial charge in [0.1, 0.15) is 5.75 Å². The Morgan fingerprint density at radius 1 is 1.29 bits per heavy atom. The molecule has 1 aromatic heterocycles. The molecule has 0 aliphatic carbocycles. The molecule has 0 amide bonds. The molecule has 1 heterocycles. The van der Waals surface area contributed by atoms with Gasteiger partial charge in [-0.1, -0.05) is 23.7 Å². The second kappa shape index (κ2) is 5.17. The van der Waals surface area contributed by atoms with Crippen LogP contribution in [0.5, 0.6) is 11.6 Å². The van der Waals surface area contributed by atoms with Gasteiger partial charge in [0.15, 0.2) is 0 Å². The van der Waals surface area contributed by atoms with Crippen molar-refractivity contribution in [1.82, 2.24) is 4.98 Å². The van der Waals surface area contributed by atoms with Crippen LogP contribution >= 0.6 is 11.6 Å². The zero-order valence-electron chi connectivity index (χ0n) is 9.48. The van der Waals surface area contributed by atoms with E-state index in [4.69, 9.17) is 22.1 Å². The molecule has 0 radical (unpaired) electrons. The second-order valence-electron chi connectivity index (χ2n) is 3.68. The van der Waals surface area contributed by atoms with Gasteiger partial charge in [0.05, 0.1) is 5.69 Å². The first-order chi connectivity index (χ1) is 8.19. The smallest absolute Gasteiger partial charge is 0.219 e. The van der Waals surface area contributed by atoms with Gasteiger partial charge >= 0.3 is 0 Å². The van der Waals surface area contributed by atoms with Crippen LogP contribution in [0.15, 0.2) is 36.4 Å². The summed E-state index contributed by atoms with van der Waals surface area (Å²) in [4.78, 5) is 4.27. The number of pyridine rings is 1. The Morgan fingerprint density at radius 3 is 2.88 bits per heavy atom. The van der Waals surface area contributed by atoms with Crippen molar-refractivity contribution < 1.29 is 4.74 Å². The molecule has 0 saturated heterocycles. The first kappa shape index (κ1) is 11.9. The van der Waals surface area contributed by atoms with E-state index in [1.54, 1.807) is 12.1 Å². The average Bonchev–Trinajstić information content (AvgIpc) is 2.34. The molecule has 2 rings (SSSR count). The van der Waals surface area contributed by atoms with Gasteiger partial charge in [-0.2, -0.15) is 0 Å².